The topological polar surface area (TPSA) is 9.23 Å². The number of ether oxygens (including phenoxy) is 1. The van der Waals surface area contributed by atoms with Crippen molar-refractivity contribution in [3.05, 3.63) is 29.8 Å². The quantitative estimate of drug-likeness (QED) is 0.597. The monoisotopic (exact) mass is 178 g/mol. The van der Waals surface area contributed by atoms with Gasteiger partial charge in [-0.15, -0.1) is 0 Å². The molecule has 72 valence electrons. The second kappa shape index (κ2) is 8.67. The van der Waals surface area contributed by atoms with E-state index in [9.17, 15) is 0 Å². The molecule has 0 amide bonds. The molecule has 1 rings (SSSR count). The van der Waals surface area contributed by atoms with Crippen LogP contribution in [-0.4, -0.2) is 0 Å². The summed E-state index contributed by atoms with van der Waals surface area (Å²) in [4.78, 5) is 0. The molecule has 0 N–H and O–H groups in total. The minimum absolute atomic E-state index is 0. The van der Waals surface area contributed by atoms with Crippen molar-refractivity contribution in [3.8, 4) is 18.3 Å². The Morgan fingerprint density at radius 3 is 2.00 bits per heavy atom. The van der Waals surface area contributed by atoms with Crippen molar-refractivity contribution in [1.29, 1.82) is 0 Å². The van der Waals surface area contributed by atoms with Crippen LogP contribution in [0.4, 0.5) is 0 Å². The zero-order valence-corrected chi connectivity index (χ0v) is 7.79. The van der Waals surface area contributed by atoms with Crippen LogP contribution in [0.25, 0.3) is 0 Å². The van der Waals surface area contributed by atoms with E-state index in [-0.39, 0.29) is 7.43 Å². The highest BCUT2D eigenvalue weighted by molar-refractivity contribution is 5.27. The molecular formula is C12H18O. The molecule has 0 radical (unpaired) electrons. The normalized spacial score (nSPS) is 6.92. The van der Waals surface area contributed by atoms with Gasteiger partial charge in [0.25, 0.3) is 0 Å². The minimum atomic E-state index is 0. The molecule has 1 heteroatoms. The summed E-state index contributed by atoms with van der Waals surface area (Å²) in [6.45, 7) is 6.01. The lowest BCUT2D eigenvalue weighted by Gasteiger charge is -1.95. The van der Waals surface area contributed by atoms with Crippen molar-refractivity contribution in [2.75, 3.05) is 0 Å². The lowest BCUT2D eigenvalue weighted by atomic mass is 10.2. The molecule has 0 fully saturated rings. The molecule has 0 heterocycles. The highest BCUT2D eigenvalue weighted by Gasteiger charge is 1.87. The Bertz CT molecular complexity index is 241. The van der Waals surface area contributed by atoms with Gasteiger partial charge in [-0.25, -0.2) is 0 Å². The summed E-state index contributed by atoms with van der Waals surface area (Å²) in [5, 5.41) is 0. The van der Waals surface area contributed by atoms with E-state index in [0.29, 0.717) is 5.75 Å². The predicted molar refractivity (Wildman–Crippen MR) is 58.7 cm³/mol. The molecule has 13 heavy (non-hydrogen) atoms. The maximum Gasteiger partial charge on any atom is 0.140 e. The molecule has 0 atom stereocenters. The van der Waals surface area contributed by atoms with Gasteiger partial charge in [0.2, 0.25) is 0 Å². The highest BCUT2D eigenvalue weighted by Crippen LogP contribution is 2.10. The van der Waals surface area contributed by atoms with Gasteiger partial charge in [0.1, 0.15) is 11.9 Å². The summed E-state index contributed by atoms with van der Waals surface area (Å²) in [7, 11) is 0. The van der Waals surface area contributed by atoms with Crippen molar-refractivity contribution < 1.29 is 4.74 Å². The van der Waals surface area contributed by atoms with Gasteiger partial charge < -0.3 is 4.74 Å². The van der Waals surface area contributed by atoms with E-state index in [0.717, 1.165) is 0 Å². The summed E-state index contributed by atoms with van der Waals surface area (Å²) in [6, 6.07) is 7.59. The van der Waals surface area contributed by atoms with Gasteiger partial charge in [-0.2, -0.15) is 0 Å². The number of benzene rings is 1. The second-order valence-corrected chi connectivity index (χ2v) is 2.03. The molecule has 0 unspecified atom stereocenters. The molecule has 1 aromatic rings. The first-order valence-electron chi connectivity index (χ1n) is 4.02. The molecule has 0 spiro atoms. The van der Waals surface area contributed by atoms with Gasteiger partial charge in [0.05, 0.1) is 0 Å². The summed E-state index contributed by atoms with van der Waals surface area (Å²) in [6.07, 6.45) is 7.03. The number of terminal acetylenes is 1. The molecule has 0 saturated heterocycles. The van der Waals surface area contributed by atoms with Crippen LogP contribution in [0.15, 0.2) is 24.3 Å². The Hall–Kier alpha value is -1.42. The summed E-state index contributed by atoms with van der Waals surface area (Å²) in [5.74, 6) is 0.716. The van der Waals surface area contributed by atoms with E-state index in [2.05, 4.69) is 6.11 Å². The predicted octanol–water partition coefficient (Wildman–Crippen LogP) is 3.63. The Morgan fingerprint density at radius 1 is 1.15 bits per heavy atom. The van der Waals surface area contributed by atoms with Crippen molar-refractivity contribution in [1.82, 2.24) is 0 Å². The molecule has 1 aromatic carbocycles. The first-order chi connectivity index (χ1) is 5.83. The fourth-order valence-corrected chi connectivity index (χ4v) is 0.674. The first-order valence-corrected chi connectivity index (χ1v) is 4.02. The van der Waals surface area contributed by atoms with Crippen LogP contribution in [0.1, 0.15) is 26.8 Å². The average molecular weight is 178 g/mol. The molecule has 0 aliphatic carbocycles. The van der Waals surface area contributed by atoms with Gasteiger partial charge in [-0.05, 0) is 19.1 Å². The van der Waals surface area contributed by atoms with Gasteiger partial charge in [0.15, 0.2) is 0 Å². The Labute approximate surface area is 81.7 Å². The fraction of sp³-hybridized carbons (Fsp3) is 0.333. The van der Waals surface area contributed by atoms with Crippen LogP contribution in [0, 0.1) is 19.5 Å². The van der Waals surface area contributed by atoms with Crippen LogP contribution in [0.5, 0.6) is 5.75 Å². The van der Waals surface area contributed by atoms with E-state index in [4.69, 9.17) is 11.2 Å². The zero-order chi connectivity index (χ0) is 9.40. The number of hydrogen-bond acceptors (Lipinski definition) is 1. The average Bonchev–Trinajstić information content (AvgIpc) is 2.13. The first kappa shape index (κ1) is 14.1. The molecular weight excluding hydrogens is 160 g/mol. The molecule has 1 nitrogen and oxygen atoms in total. The summed E-state index contributed by atoms with van der Waals surface area (Å²) < 4.78 is 4.79. The number of aryl methyl sites for hydroxylation is 1. The van der Waals surface area contributed by atoms with E-state index in [1.807, 2.05) is 45.0 Å². The molecule has 0 saturated carbocycles. The van der Waals surface area contributed by atoms with Crippen molar-refractivity contribution in [3.63, 3.8) is 0 Å². The third kappa shape index (κ3) is 5.81. The maximum atomic E-state index is 4.93. The van der Waals surface area contributed by atoms with Crippen LogP contribution in [0.2, 0.25) is 0 Å². The van der Waals surface area contributed by atoms with Gasteiger partial charge >= 0.3 is 0 Å². The smallest absolute Gasteiger partial charge is 0.140 e. The van der Waals surface area contributed by atoms with Crippen molar-refractivity contribution in [2.45, 2.75) is 28.2 Å². The molecule has 0 aromatic heterocycles. The number of rotatable bonds is 1. The third-order valence-corrected chi connectivity index (χ3v) is 1.20. The summed E-state index contributed by atoms with van der Waals surface area (Å²) >= 11 is 0. The highest BCUT2D eigenvalue weighted by atomic mass is 16.5. The van der Waals surface area contributed by atoms with Gasteiger partial charge in [-0.1, -0.05) is 45.4 Å². The lowest BCUT2D eigenvalue weighted by Crippen LogP contribution is -1.80. The lowest BCUT2D eigenvalue weighted by molar-refractivity contribution is 0.520. The summed E-state index contributed by atoms with van der Waals surface area (Å²) in [5.41, 5.74) is 1.20. The van der Waals surface area contributed by atoms with Gasteiger partial charge in [-0.3, -0.25) is 0 Å². The van der Waals surface area contributed by atoms with Crippen molar-refractivity contribution in [2.24, 2.45) is 0 Å². The molecule has 0 bridgehead atoms. The molecule has 0 aliphatic rings. The SMILES string of the molecule is C.C#COc1ccc(C)cc1.CC. The van der Waals surface area contributed by atoms with Crippen LogP contribution in [0.3, 0.4) is 0 Å². The second-order valence-electron chi connectivity index (χ2n) is 2.03. The third-order valence-electron chi connectivity index (χ3n) is 1.20. The van der Waals surface area contributed by atoms with Gasteiger partial charge in [0, 0.05) is 0 Å². The minimum Gasteiger partial charge on any atom is -0.408 e. The Morgan fingerprint density at radius 2 is 1.62 bits per heavy atom. The number of hydrogen-bond donors (Lipinski definition) is 0. The fourth-order valence-electron chi connectivity index (χ4n) is 0.674. The van der Waals surface area contributed by atoms with E-state index in [1.165, 1.54) is 5.56 Å². The van der Waals surface area contributed by atoms with Crippen LogP contribution in [-0.2, 0) is 0 Å². The largest absolute Gasteiger partial charge is 0.408 e. The molecule has 0 aliphatic heterocycles. The van der Waals surface area contributed by atoms with E-state index >= 15 is 0 Å². The standard InChI is InChI=1S/C9H8O.C2H6.CH4/c1-3-10-9-6-4-8(2)5-7-9;1-2;/h1,4-7H,2H3;1-2H3;1H4. The van der Waals surface area contributed by atoms with E-state index in [1.54, 1.807) is 0 Å². The van der Waals surface area contributed by atoms with Crippen LogP contribution < -0.4 is 4.74 Å². The van der Waals surface area contributed by atoms with E-state index < -0.39 is 0 Å². The maximum absolute atomic E-state index is 4.93. The van der Waals surface area contributed by atoms with Crippen molar-refractivity contribution >= 4 is 0 Å². The Kier molecular flexibility index (Phi) is 9.42. The zero-order valence-electron chi connectivity index (χ0n) is 7.79. The Balaban J connectivity index is 0. The van der Waals surface area contributed by atoms with Crippen LogP contribution >= 0.6 is 0 Å².